The number of benzene rings is 1. The van der Waals surface area contributed by atoms with Gasteiger partial charge in [0.05, 0.1) is 12.6 Å². The molecule has 3 nitrogen and oxygen atoms in total. The minimum Gasteiger partial charge on any atom is -0.495 e. The van der Waals surface area contributed by atoms with Crippen molar-refractivity contribution < 1.29 is 4.74 Å². The first-order valence-corrected chi connectivity index (χ1v) is 6.55. The fourth-order valence-electron chi connectivity index (χ4n) is 3.27. The molecule has 0 saturated carbocycles. The maximum Gasteiger partial charge on any atom is 0.143 e. The molecule has 0 spiro atoms. The van der Waals surface area contributed by atoms with E-state index in [1.165, 1.54) is 34.1 Å². The summed E-state index contributed by atoms with van der Waals surface area (Å²) in [5.74, 6) is 0.953. The topological polar surface area (TPSA) is 40.2 Å². The third kappa shape index (κ3) is 1.47. The molecule has 1 aliphatic carbocycles. The van der Waals surface area contributed by atoms with Crippen molar-refractivity contribution in [3.8, 4) is 5.75 Å². The maximum atomic E-state index is 6.31. The van der Waals surface area contributed by atoms with Gasteiger partial charge in [0.1, 0.15) is 5.75 Å². The van der Waals surface area contributed by atoms with Crippen LogP contribution >= 0.6 is 0 Å². The highest BCUT2D eigenvalue weighted by molar-refractivity contribution is 5.91. The SMILES string of the molecule is COc1cc(C)cc2c3c(n(C)c12)CCCC3N. The molecular formula is C15H20N2O. The van der Waals surface area contributed by atoms with Crippen LogP contribution in [0, 0.1) is 6.92 Å². The molecule has 2 N–H and O–H groups in total. The summed E-state index contributed by atoms with van der Waals surface area (Å²) in [5, 5.41) is 1.27. The molecular weight excluding hydrogens is 224 g/mol. The Labute approximate surface area is 108 Å². The lowest BCUT2D eigenvalue weighted by Gasteiger charge is -2.20. The number of ether oxygens (including phenoxy) is 1. The normalized spacial score (nSPS) is 19.0. The van der Waals surface area contributed by atoms with E-state index in [1.54, 1.807) is 7.11 Å². The van der Waals surface area contributed by atoms with Gasteiger partial charge < -0.3 is 15.0 Å². The molecule has 1 unspecified atom stereocenters. The third-order valence-electron chi connectivity index (χ3n) is 4.08. The van der Waals surface area contributed by atoms with E-state index in [4.69, 9.17) is 10.5 Å². The molecule has 1 aliphatic rings. The zero-order chi connectivity index (χ0) is 12.9. The van der Waals surface area contributed by atoms with E-state index in [2.05, 4.69) is 30.7 Å². The van der Waals surface area contributed by atoms with Crippen LogP contribution in [0.3, 0.4) is 0 Å². The number of hydrogen-bond acceptors (Lipinski definition) is 2. The van der Waals surface area contributed by atoms with Gasteiger partial charge in [0.15, 0.2) is 0 Å². The largest absolute Gasteiger partial charge is 0.495 e. The van der Waals surface area contributed by atoms with Gasteiger partial charge >= 0.3 is 0 Å². The van der Waals surface area contributed by atoms with Crippen LogP contribution in [0.4, 0.5) is 0 Å². The summed E-state index contributed by atoms with van der Waals surface area (Å²) in [6.07, 6.45) is 3.39. The zero-order valence-corrected chi connectivity index (χ0v) is 11.3. The van der Waals surface area contributed by atoms with E-state index in [9.17, 15) is 0 Å². The van der Waals surface area contributed by atoms with Gasteiger partial charge in [-0.3, -0.25) is 0 Å². The van der Waals surface area contributed by atoms with Gasteiger partial charge in [-0.2, -0.15) is 0 Å². The quantitative estimate of drug-likeness (QED) is 0.838. The van der Waals surface area contributed by atoms with Crippen LogP contribution in [0.25, 0.3) is 10.9 Å². The van der Waals surface area contributed by atoms with Gasteiger partial charge in [0, 0.05) is 24.2 Å². The second kappa shape index (κ2) is 4.02. The van der Waals surface area contributed by atoms with Crippen molar-refractivity contribution in [2.75, 3.05) is 7.11 Å². The average molecular weight is 244 g/mol. The van der Waals surface area contributed by atoms with E-state index < -0.39 is 0 Å². The third-order valence-corrected chi connectivity index (χ3v) is 4.08. The molecule has 18 heavy (non-hydrogen) atoms. The molecule has 96 valence electrons. The van der Waals surface area contributed by atoms with Gasteiger partial charge in [0.25, 0.3) is 0 Å². The van der Waals surface area contributed by atoms with Crippen LogP contribution < -0.4 is 10.5 Å². The van der Waals surface area contributed by atoms with Crippen molar-refractivity contribution in [3.63, 3.8) is 0 Å². The van der Waals surface area contributed by atoms with Crippen molar-refractivity contribution in [1.82, 2.24) is 4.57 Å². The fourth-order valence-corrected chi connectivity index (χ4v) is 3.27. The first-order chi connectivity index (χ1) is 8.63. The van der Waals surface area contributed by atoms with Crippen molar-refractivity contribution in [1.29, 1.82) is 0 Å². The van der Waals surface area contributed by atoms with Gasteiger partial charge in [-0.25, -0.2) is 0 Å². The molecule has 1 atom stereocenters. The number of aryl methyl sites for hydroxylation is 2. The summed E-state index contributed by atoms with van der Waals surface area (Å²) in [4.78, 5) is 0. The molecule has 1 heterocycles. The Morgan fingerprint density at radius 2 is 2.17 bits per heavy atom. The van der Waals surface area contributed by atoms with E-state index in [-0.39, 0.29) is 6.04 Å². The molecule has 0 radical (unpaired) electrons. The van der Waals surface area contributed by atoms with E-state index in [0.717, 1.165) is 18.6 Å². The molecule has 3 heteroatoms. The van der Waals surface area contributed by atoms with Gasteiger partial charge in [-0.05, 0) is 49.4 Å². The Balaban J connectivity index is 2.43. The fraction of sp³-hybridized carbons (Fsp3) is 0.467. The predicted octanol–water partition coefficient (Wildman–Crippen LogP) is 2.83. The number of nitrogens with zero attached hydrogens (tertiary/aromatic N) is 1. The molecule has 3 rings (SSSR count). The van der Waals surface area contributed by atoms with Crippen molar-refractivity contribution >= 4 is 10.9 Å². The van der Waals surface area contributed by atoms with Crippen LogP contribution in [0.1, 0.15) is 35.7 Å². The second-order valence-corrected chi connectivity index (χ2v) is 5.28. The minimum absolute atomic E-state index is 0.170. The lowest BCUT2D eigenvalue weighted by atomic mass is 9.91. The first kappa shape index (κ1) is 11.6. The average Bonchev–Trinajstić information content (AvgIpc) is 2.63. The number of methoxy groups -OCH3 is 1. The van der Waals surface area contributed by atoms with Gasteiger partial charge in [0.2, 0.25) is 0 Å². The number of fused-ring (bicyclic) bond motifs is 3. The summed E-state index contributed by atoms with van der Waals surface area (Å²) in [6.45, 7) is 2.11. The van der Waals surface area contributed by atoms with Gasteiger partial charge in [-0.1, -0.05) is 0 Å². The lowest BCUT2D eigenvalue weighted by molar-refractivity contribution is 0.417. The highest BCUT2D eigenvalue weighted by Crippen LogP contribution is 2.40. The minimum atomic E-state index is 0.170. The van der Waals surface area contributed by atoms with Crippen LogP contribution in [0.2, 0.25) is 0 Å². The molecule has 0 fully saturated rings. The summed E-state index contributed by atoms with van der Waals surface area (Å²) in [7, 11) is 3.86. The van der Waals surface area contributed by atoms with Crippen LogP contribution in [-0.2, 0) is 13.5 Å². The molecule has 1 aromatic carbocycles. The second-order valence-electron chi connectivity index (χ2n) is 5.28. The predicted molar refractivity (Wildman–Crippen MR) is 74.1 cm³/mol. The maximum absolute atomic E-state index is 6.31. The monoisotopic (exact) mass is 244 g/mol. The molecule has 0 aliphatic heterocycles. The van der Waals surface area contributed by atoms with Crippen LogP contribution in [0.15, 0.2) is 12.1 Å². The lowest BCUT2D eigenvalue weighted by Crippen LogP contribution is -2.17. The smallest absolute Gasteiger partial charge is 0.143 e. The zero-order valence-electron chi connectivity index (χ0n) is 11.3. The Hall–Kier alpha value is -1.48. The van der Waals surface area contributed by atoms with Crippen molar-refractivity contribution in [2.24, 2.45) is 12.8 Å². The van der Waals surface area contributed by atoms with E-state index >= 15 is 0 Å². The molecule has 0 saturated heterocycles. The van der Waals surface area contributed by atoms with E-state index in [0.29, 0.717) is 0 Å². The summed E-state index contributed by atoms with van der Waals surface area (Å²) in [5.41, 5.74) is 11.4. The van der Waals surface area contributed by atoms with Crippen LogP contribution in [0.5, 0.6) is 5.75 Å². The summed E-state index contributed by atoms with van der Waals surface area (Å²) in [6, 6.07) is 4.50. The molecule has 2 aromatic rings. The first-order valence-electron chi connectivity index (χ1n) is 6.55. The van der Waals surface area contributed by atoms with Crippen LogP contribution in [-0.4, -0.2) is 11.7 Å². The van der Waals surface area contributed by atoms with Crippen molar-refractivity contribution in [3.05, 3.63) is 29.0 Å². The molecule has 1 aromatic heterocycles. The molecule has 0 bridgehead atoms. The van der Waals surface area contributed by atoms with E-state index in [1.807, 2.05) is 0 Å². The highest BCUT2D eigenvalue weighted by atomic mass is 16.5. The number of hydrogen-bond donors (Lipinski definition) is 1. The highest BCUT2D eigenvalue weighted by Gasteiger charge is 2.25. The Kier molecular flexibility index (Phi) is 2.59. The standard InChI is InChI=1S/C15H20N2O/c1-9-7-10-14-11(16)5-4-6-12(14)17(2)15(10)13(8-9)18-3/h7-8,11H,4-6,16H2,1-3H3. The Morgan fingerprint density at radius 1 is 1.39 bits per heavy atom. The number of aromatic nitrogens is 1. The molecule has 0 amide bonds. The Bertz CT molecular complexity index is 613. The van der Waals surface area contributed by atoms with Gasteiger partial charge in [-0.15, -0.1) is 0 Å². The number of rotatable bonds is 1. The summed E-state index contributed by atoms with van der Waals surface area (Å²) < 4.78 is 7.81. The van der Waals surface area contributed by atoms with Crippen molar-refractivity contribution in [2.45, 2.75) is 32.2 Å². The Morgan fingerprint density at radius 3 is 2.89 bits per heavy atom. The number of nitrogens with two attached hydrogens (primary N) is 1. The summed E-state index contributed by atoms with van der Waals surface area (Å²) >= 11 is 0.